The number of sulfonamides is 1. The van der Waals surface area contributed by atoms with Gasteiger partial charge >= 0.3 is 0 Å². The molecule has 1 amide bonds. The second kappa shape index (κ2) is 7.50. The van der Waals surface area contributed by atoms with Crippen LogP contribution >= 0.6 is 0 Å². The van der Waals surface area contributed by atoms with Crippen LogP contribution in [-0.2, 0) is 16.6 Å². The van der Waals surface area contributed by atoms with Crippen molar-refractivity contribution in [3.05, 3.63) is 65.2 Å². The van der Waals surface area contributed by atoms with Gasteiger partial charge in [0.25, 0.3) is 5.91 Å². The van der Waals surface area contributed by atoms with Crippen LogP contribution in [0.1, 0.15) is 34.3 Å². The Morgan fingerprint density at radius 3 is 2.62 bits per heavy atom. The van der Waals surface area contributed by atoms with E-state index in [2.05, 4.69) is 6.07 Å². The third-order valence-corrected chi connectivity index (χ3v) is 6.45. The molecule has 0 N–H and O–H groups in total. The molecule has 0 saturated carbocycles. The molecule has 0 bridgehead atoms. The highest BCUT2D eigenvalue weighted by atomic mass is 32.2. The van der Waals surface area contributed by atoms with Crippen LogP contribution in [-0.4, -0.2) is 38.6 Å². The van der Waals surface area contributed by atoms with Crippen molar-refractivity contribution in [2.24, 2.45) is 0 Å². The number of hydrogen-bond donors (Lipinski definition) is 0. The van der Waals surface area contributed by atoms with Crippen LogP contribution in [0.4, 0.5) is 5.69 Å². The lowest BCUT2D eigenvalue weighted by atomic mass is 10.1. The molecule has 1 heterocycles. The maximum atomic E-state index is 12.8. The Morgan fingerprint density at radius 1 is 1.12 bits per heavy atom. The molecule has 0 aliphatic carbocycles. The third-order valence-electron chi connectivity index (χ3n) is 4.58. The van der Waals surface area contributed by atoms with Crippen LogP contribution in [0.5, 0.6) is 0 Å². The summed E-state index contributed by atoms with van der Waals surface area (Å²) in [7, 11) is -1.53. The molecule has 1 aliphatic rings. The maximum absolute atomic E-state index is 12.8. The summed E-state index contributed by atoms with van der Waals surface area (Å²) in [5, 5.41) is 0. The van der Waals surface area contributed by atoms with Gasteiger partial charge in [-0.25, -0.2) is 8.42 Å². The number of rotatable bonds is 4. The molecule has 138 valence electrons. The standard InChI is InChI=1S/C20H24N2O3S/c1-16-7-5-8-17(13-16)15-21(2)20(23)18-9-6-10-19(14-18)22-11-3-4-12-26(22,24)25/h5-10,13-14H,3-4,11-12,15H2,1-2H3. The number of carbonyl (C=O) groups excluding carboxylic acids is 1. The molecule has 1 aliphatic heterocycles. The van der Waals surface area contributed by atoms with Crippen LogP contribution < -0.4 is 4.31 Å². The Bertz CT molecular complexity index is 909. The normalized spacial score (nSPS) is 16.3. The first kappa shape index (κ1) is 18.5. The number of carbonyl (C=O) groups is 1. The van der Waals surface area contributed by atoms with Crippen LogP contribution in [0.25, 0.3) is 0 Å². The van der Waals surface area contributed by atoms with E-state index in [0.29, 0.717) is 30.8 Å². The highest BCUT2D eigenvalue weighted by Crippen LogP contribution is 2.25. The van der Waals surface area contributed by atoms with Crippen molar-refractivity contribution in [3.8, 4) is 0 Å². The van der Waals surface area contributed by atoms with Gasteiger partial charge in [0.05, 0.1) is 11.4 Å². The predicted octanol–water partition coefficient (Wildman–Crippen LogP) is 3.20. The van der Waals surface area contributed by atoms with Gasteiger partial charge in [0.1, 0.15) is 0 Å². The topological polar surface area (TPSA) is 57.7 Å². The van der Waals surface area contributed by atoms with E-state index in [1.807, 2.05) is 25.1 Å². The summed E-state index contributed by atoms with van der Waals surface area (Å²) in [5.41, 5.74) is 3.29. The van der Waals surface area contributed by atoms with Crippen molar-refractivity contribution in [1.29, 1.82) is 0 Å². The zero-order valence-electron chi connectivity index (χ0n) is 15.2. The zero-order valence-corrected chi connectivity index (χ0v) is 16.0. The first-order valence-corrected chi connectivity index (χ1v) is 10.4. The van der Waals surface area contributed by atoms with E-state index >= 15 is 0 Å². The fourth-order valence-corrected chi connectivity index (χ4v) is 4.88. The molecule has 0 unspecified atom stereocenters. The SMILES string of the molecule is Cc1cccc(CN(C)C(=O)c2cccc(N3CCCCS3(=O)=O)c2)c1. The molecule has 5 nitrogen and oxygen atoms in total. The molecule has 1 saturated heterocycles. The van der Waals surface area contributed by atoms with E-state index in [-0.39, 0.29) is 11.7 Å². The second-order valence-electron chi connectivity index (χ2n) is 6.80. The zero-order chi connectivity index (χ0) is 18.7. The summed E-state index contributed by atoms with van der Waals surface area (Å²) in [6, 6.07) is 15.0. The summed E-state index contributed by atoms with van der Waals surface area (Å²) in [5.74, 6) is 0.0427. The molecule has 2 aromatic carbocycles. The van der Waals surface area contributed by atoms with Crippen LogP contribution in [0, 0.1) is 6.92 Å². The van der Waals surface area contributed by atoms with E-state index in [4.69, 9.17) is 0 Å². The maximum Gasteiger partial charge on any atom is 0.253 e. The highest BCUT2D eigenvalue weighted by molar-refractivity contribution is 7.92. The van der Waals surface area contributed by atoms with Gasteiger partial charge < -0.3 is 4.90 Å². The van der Waals surface area contributed by atoms with Crippen LogP contribution in [0.2, 0.25) is 0 Å². The monoisotopic (exact) mass is 372 g/mol. The molecule has 26 heavy (non-hydrogen) atoms. The number of benzene rings is 2. The first-order valence-electron chi connectivity index (χ1n) is 8.78. The van der Waals surface area contributed by atoms with Gasteiger partial charge in [0.2, 0.25) is 10.0 Å². The van der Waals surface area contributed by atoms with Gasteiger partial charge in [-0.05, 0) is 43.5 Å². The van der Waals surface area contributed by atoms with E-state index in [1.54, 1.807) is 36.2 Å². The molecular weight excluding hydrogens is 348 g/mol. The number of nitrogens with zero attached hydrogens (tertiary/aromatic N) is 2. The summed E-state index contributed by atoms with van der Waals surface area (Å²) in [6.07, 6.45) is 1.53. The smallest absolute Gasteiger partial charge is 0.253 e. The molecule has 0 radical (unpaired) electrons. The van der Waals surface area contributed by atoms with Gasteiger partial charge in [-0.2, -0.15) is 0 Å². The Labute approximate surface area is 155 Å². The molecule has 1 fully saturated rings. The minimum Gasteiger partial charge on any atom is -0.337 e. The minimum absolute atomic E-state index is 0.122. The van der Waals surface area contributed by atoms with Crippen molar-refractivity contribution < 1.29 is 13.2 Å². The Hall–Kier alpha value is -2.34. The summed E-state index contributed by atoms with van der Waals surface area (Å²) in [6.45, 7) is 3.00. The lowest BCUT2D eigenvalue weighted by molar-refractivity contribution is 0.0785. The van der Waals surface area contributed by atoms with Gasteiger partial charge in [-0.3, -0.25) is 9.10 Å². The van der Waals surface area contributed by atoms with Gasteiger partial charge in [0, 0.05) is 25.7 Å². The van der Waals surface area contributed by atoms with Crippen molar-refractivity contribution in [3.63, 3.8) is 0 Å². The predicted molar refractivity (Wildman–Crippen MR) is 104 cm³/mol. The molecular formula is C20H24N2O3S. The second-order valence-corrected chi connectivity index (χ2v) is 8.81. The average Bonchev–Trinajstić information content (AvgIpc) is 2.61. The van der Waals surface area contributed by atoms with Crippen molar-refractivity contribution in [1.82, 2.24) is 4.90 Å². The fourth-order valence-electron chi connectivity index (χ4n) is 3.25. The largest absolute Gasteiger partial charge is 0.337 e. The van der Waals surface area contributed by atoms with E-state index in [1.165, 1.54) is 4.31 Å². The Balaban J connectivity index is 1.79. The quantitative estimate of drug-likeness (QED) is 0.828. The number of aryl methyl sites for hydroxylation is 1. The summed E-state index contributed by atoms with van der Waals surface area (Å²) >= 11 is 0. The van der Waals surface area contributed by atoms with Gasteiger partial charge in [-0.1, -0.05) is 35.9 Å². The van der Waals surface area contributed by atoms with Gasteiger partial charge in [-0.15, -0.1) is 0 Å². The van der Waals surface area contributed by atoms with Crippen molar-refractivity contribution in [2.45, 2.75) is 26.3 Å². The van der Waals surface area contributed by atoms with E-state index in [0.717, 1.165) is 17.5 Å². The molecule has 0 aromatic heterocycles. The van der Waals surface area contributed by atoms with Crippen LogP contribution in [0.3, 0.4) is 0 Å². The number of hydrogen-bond acceptors (Lipinski definition) is 3. The lowest BCUT2D eigenvalue weighted by Gasteiger charge is -2.28. The summed E-state index contributed by atoms with van der Waals surface area (Å²) in [4.78, 5) is 14.4. The molecule has 0 spiro atoms. The molecule has 2 aromatic rings. The van der Waals surface area contributed by atoms with Gasteiger partial charge in [0.15, 0.2) is 0 Å². The molecule has 0 atom stereocenters. The Kier molecular flexibility index (Phi) is 5.32. The first-order chi connectivity index (χ1) is 12.4. The lowest BCUT2D eigenvalue weighted by Crippen LogP contribution is -2.38. The van der Waals surface area contributed by atoms with Crippen LogP contribution in [0.15, 0.2) is 48.5 Å². The van der Waals surface area contributed by atoms with E-state index in [9.17, 15) is 13.2 Å². The number of anilines is 1. The van der Waals surface area contributed by atoms with Crippen molar-refractivity contribution in [2.75, 3.05) is 23.7 Å². The Morgan fingerprint density at radius 2 is 1.88 bits per heavy atom. The average molecular weight is 372 g/mol. The highest BCUT2D eigenvalue weighted by Gasteiger charge is 2.26. The fraction of sp³-hybridized carbons (Fsp3) is 0.350. The van der Waals surface area contributed by atoms with Crippen molar-refractivity contribution >= 4 is 21.6 Å². The van der Waals surface area contributed by atoms with E-state index < -0.39 is 10.0 Å². The third kappa shape index (κ3) is 4.07. The summed E-state index contributed by atoms with van der Waals surface area (Å²) < 4.78 is 26.0. The molecule has 6 heteroatoms. The number of amides is 1. The molecule has 3 rings (SSSR count). The minimum atomic E-state index is -3.28.